The lowest BCUT2D eigenvalue weighted by atomic mass is 10.1. The summed E-state index contributed by atoms with van der Waals surface area (Å²) in [6.07, 6.45) is 1.39. The largest absolute Gasteiger partial charge is 0.491 e. The second kappa shape index (κ2) is 4.78. The van der Waals surface area contributed by atoms with E-state index in [1.54, 1.807) is 0 Å². The molecule has 2 N–H and O–H groups in total. The van der Waals surface area contributed by atoms with Gasteiger partial charge in [-0.05, 0) is 12.1 Å². The van der Waals surface area contributed by atoms with Gasteiger partial charge >= 0.3 is 5.97 Å². The number of rotatable bonds is 4. The summed E-state index contributed by atoms with van der Waals surface area (Å²) in [5.74, 6) is 0.323. The van der Waals surface area contributed by atoms with E-state index in [9.17, 15) is 4.79 Å². The van der Waals surface area contributed by atoms with E-state index in [1.807, 2.05) is 24.3 Å². The van der Waals surface area contributed by atoms with Gasteiger partial charge in [0.2, 0.25) is 0 Å². The van der Waals surface area contributed by atoms with Crippen molar-refractivity contribution in [3.63, 3.8) is 0 Å². The van der Waals surface area contributed by atoms with Crippen LogP contribution in [0.25, 0.3) is 0 Å². The van der Waals surface area contributed by atoms with Crippen molar-refractivity contribution in [2.45, 2.75) is 12.6 Å². The van der Waals surface area contributed by atoms with Gasteiger partial charge in [0.05, 0.1) is 18.8 Å². The third-order valence-corrected chi connectivity index (χ3v) is 3.18. The number of hydrogen-bond donors (Lipinski definition) is 2. The van der Waals surface area contributed by atoms with Crippen LogP contribution < -0.4 is 10.1 Å². The summed E-state index contributed by atoms with van der Waals surface area (Å²) in [4.78, 5) is 11.0. The van der Waals surface area contributed by atoms with Crippen molar-refractivity contribution in [3.8, 4) is 5.75 Å². The van der Waals surface area contributed by atoms with Gasteiger partial charge in [0.15, 0.2) is 0 Å². The molecule has 0 radical (unpaired) electrons. The summed E-state index contributed by atoms with van der Waals surface area (Å²) < 4.78 is 10.7. The Balaban J connectivity index is 1.71. The van der Waals surface area contributed by atoms with E-state index in [4.69, 9.17) is 14.3 Å². The lowest BCUT2D eigenvalue weighted by Crippen LogP contribution is -2.22. The van der Waals surface area contributed by atoms with Crippen LogP contribution in [0.4, 0.5) is 0 Å². The Morgan fingerprint density at radius 3 is 3.05 bits per heavy atom. The van der Waals surface area contributed by atoms with E-state index >= 15 is 0 Å². The molecule has 1 atom stereocenters. The Morgan fingerprint density at radius 1 is 1.37 bits per heavy atom. The molecule has 2 aromatic rings. The maximum absolute atomic E-state index is 11.0. The predicted molar refractivity (Wildman–Crippen MR) is 67.2 cm³/mol. The normalized spacial score (nSPS) is 16.9. The monoisotopic (exact) mass is 259 g/mol. The number of furan rings is 1. The number of aromatic carboxylic acids is 1. The fourth-order valence-electron chi connectivity index (χ4n) is 2.22. The Bertz CT molecular complexity index is 605. The van der Waals surface area contributed by atoms with Crippen LogP contribution in [0.3, 0.4) is 0 Å². The van der Waals surface area contributed by atoms with Crippen LogP contribution >= 0.6 is 0 Å². The number of carboxylic acids is 1. The van der Waals surface area contributed by atoms with Crippen LogP contribution in [-0.2, 0) is 6.54 Å². The standard InChI is InChI=1S/C14H13NO4/c16-14(17)10-5-6-18-13(10)7-15-11-8-19-12-4-2-1-3-9(11)12/h1-6,11,15H,7-8H2,(H,16,17). The Kier molecular flexibility index (Phi) is 2.97. The number of carboxylic acid groups (broad SMARTS) is 1. The molecule has 0 fully saturated rings. The molecule has 2 heterocycles. The van der Waals surface area contributed by atoms with Gasteiger partial charge in [0.25, 0.3) is 0 Å². The number of benzene rings is 1. The Morgan fingerprint density at radius 2 is 2.21 bits per heavy atom. The molecule has 1 aromatic carbocycles. The Hall–Kier alpha value is -2.27. The molecule has 0 bridgehead atoms. The van der Waals surface area contributed by atoms with Gasteiger partial charge in [0.1, 0.15) is 23.7 Å². The van der Waals surface area contributed by atoms with Crippen molar-refractivity contribution in [1.29, 1.82) is 0 Å². The van der Waals surface area contributed by atoms with Crippen LogP contribution in [-0.4, -0.2) is 17.7 Å². The van der Waals surface area contributed by atoms with Gasteiger partial charge in [-0.25, -0.2) is 4.79 Å². The summed E-state index contributed by atoms with van der Waals surface area (Å²) in [7, 11) is 0. The first-order valence-electron chi connectivity index (χ1n) is 6.00. The van der Waals surface area contributed by atoms with Crippen LogP contribution in [0, 0.1) is 0 Å². The van der Waals surface area contributed by atoms with Gasteiger partial charge in [0, 0.05) is 5.56 Å². The zero-order valence-electron chi connectivity index (χ0n) is 10.1. The van der Waals surface area contributed by atoms with Gasteiger partial charge in [-0.1, -0.05) is 18.2 Å². The summed E-state index contributed by atoms with van der Waals surface area (Å²) in [6.45, 7) is 0.902. The molecule has 0 amide bonds. The molecule has 3 rings (SSSR count). The van der Waals surface area contributed by atoms with E-state index in [2.05, 4.69) is 5.32 Å². The van der Waals surface area contributed by atoms with E-state index in [0.29, 0.717) is 18.9 Å². The van der Waals surface area contributed by atoms with E-state index in [-0.39, 0.29) is 11.6 Å². The first kappa shape index (κ1) is 11.8. The summed E-state index contributed by atoms with van der Waals surface area (Å²) in [5, 5.41) is 12.2. The molecule has 98 valence electrons. The SMILES string of the molecule is O=C(O)c1ccoc1CNC1COc2ccccc21. The van der Waals surface area contributed by atoms with E-state index in [1.165, 1.54) is 12.3 Å². The molecule has 1 aliphatic heterocycles. The fourth-order valence-corrected chi connectivity index (χ4v) is 2.22. The van der Waals surface area contributed by atoms with Crippen molar-refractivity contribution >= 4 is 5.97 Å². The van der Waals surface area contributed by atoms with Crippen LogP contribution in [0.15, 0.2) is 41.0 Å². The maximum Gasteiger partial charge on any atom is 0.339 e. The van der Waals surface area contributed by atoms with E-state index in [0.717, 1.165) is 11.3 Å². The number of hydrogen-bond acceptors (Lipinski definition) is 4. The second-order valence-electron chi connectivity index (χ2n) is 4.34. The predicted octanol–water partition coefficient (Wildman–Crippen LogP) is 2.20. The van der Waals surface area contributed by atoms with Crippen molar-refractivity contribution < 1.29 is 19.1 Å². The lowest BCUT2D eigenvalue weighted by Gasteiger charge is -2.10. The molecular formula is C14H13NO4. The Labute approximate surface area is 109 Å². The highest BCUT2D eigenvalue weighted by Gasteiger charge is 2.24. The van der Waals surface area contributed by atoms with Crippen molar-refractivity contribution in [2.75, 3.05) is 6.61 Å². The minimum Gasteiger partial charge on any atom is -0.491 e. The lowest BCUT2D eigenvalue weighted by molar-refractivity contribution is 0.0694. The minimum absolute atomic E-state index is 0.0583. The smallest absolute Gasteiger partial charge is 0.339 e. The maximum atomic E-state index is 11.0. The molecule has 0 saturated heterocycles. The molecule has 5 heteroatoms. The molecule has 1 unspecified atom stereocenters. The third-order valence-electron chi connectivity index (χ3n) is 3.18. The summed E-state index contributed by atoms with van der Waals surface area (Å²) in [6, 6.07) is 9.32. The van der Waals surface area contributed by atoms with Crippen LogP contribution in [0.2, 0.25) is 0 Å². The average molecular weight is 259 g/mol. The summed E-state index contributed by atoms with van der Waals surface area (Å²) in [5.41, 5.74) is 1.28. The quantitative estimate of drug-likeness (QED) is 0.880. The fraction of sp³-hybridized carbons (Fsp3) is 0.214. The van der Waals surface area contributed by atoms with Gasteiger partial charge in [-0.15, -0.1) is 0 Å². The number of para-hydroxylation sites is 1. The molecule has 5 nitrogen and oxygen atoms in total. The first-order chi connectivity index (χ1) is 9.25. The number of carbonyl (C=O) groups is 1. The van der Waals surface area contributed by atoms with Crippen molar-refractivity contribution in [3.05, 3.63) is 53.5 Å². The molecule has 1 aromatic heterocycles. The zero-order chi connectivity index (χ0) is 13.2. The number of fused-ring (bicyclic) bond motifs is 1. The molecule has 19 heavy (non-hydrogen) atoms. The highest BCUT2D eigenvalue weighted by atomic mass is 16.5. The molecule has 0 aliphatic carbocycles. The van der Waals surface area contributed by atoms with E-state index < -0.39 is 5.97 Å². The minimum atomic E-state index is -0.978. The molecular weight excluding hydrogens is 246 g/mol. The first-order valence-corrected chi connectivity index (χ1v) is 6.00. The highest BCUT2D eigenvalue weighted by Crippen LogP contribution is 2.31. The zero-order valence-corrected chi connectivity index (χ0v) is 10.1. The van der Waals surface area contributed by atoms with Gasteiger partial charge < -0.3 is 14.3 Å². The summed E-state index contributed by atoms with van der Waals surface area (Å²) >= 11 is 0. The van der Waals surface area contributed by atoms with Crippen LogP contribution in [0.1, 0.15) is 27.7 Å². The average Bonchev–Trinajstić information content (AvgIpc) is 3.03. The highest BCUT2D eigenvalue weighted by molar-refractivity contribution is 5.88. The van der Waals surface area contributed by atoms with Gasteiger partial charge in [-0.3, -0.25) is 5.32 Å². The topological polar surface area (TPSA) is 71.7 Å². The molecule has 0 spiro atoms. The van der Waals surface area contributed by atoms with Crippen molar-refractivity contribution in [1.82, 2.24) is 5.32 Å². The molecule has 1 aliphatic rings. The van der Waals surface area contributed by atoms with Gasteiger partial charge in [-0.2, -0.15) is 0 Å². The number of ether oxygens (including phenoxy) is 1. The number of nitrogens with one attached hydrogen (secondary N) is 1. The third kappa shape index (κ3) is 2.20. The second-order valence-corrected chi connectivity index (χ2v) is 4.34. The molecule has 0 saturated carbocycles. The van der Waals surface area contributed by atoms with Crippen LogP contribution in [0.5, 0.6) is 5.75 Å². The van der Waals surface area contributed by atoms with Crippen molar-refractivity contribution in [2.24, 2.45) is 0 Å².